The summed E-state index contributed by atoms with van der Waals surface area (Å²) in [6, 6.07) is 0. The second-order valence-corrected chi connectivity index (χ2v) is 5.55. The van der Waals surface area contributed by atoms with Crippen LogP contribution in [0.25, 0.3) is 0 Å². The summed E-state index contributed by atoms with van der Waals surface area (Å²) >= 11 is 0. The average molecular weight is 225 g/mol. The lowest BCUT2D eigenvalue weighted by Crippen LogP contribution is -2.60. The van der Waals surface area contributed by atoms with Crippen LogP contribution in [0.5, 0.6) is 0 Å². The molecule has 0 radical (unpaired) electrons. The summed E-state index contributed by atoms with van der Waals surface area (Å²) in [5.74, 6) is -0.184. The van der Waals surface area contributed by atoms with Crippen molar-refractivity contribution >= 4 is 11.8 Å². The second-order valence-electron chi connectivity index (χ2n) is 5.55. The molecule has 1 saturated carbocycles. The summed E-state index contributed by atoms with van der Waals surface area (Å²) in [5, 5.41) is 9.71. The van der Waals surface area contributed by atoms with Crippen molar-refractivity contribution in [3.63, 3.8) is 0 Å². The number of imide groups is 1. The zero-order valence-electron chi connectivity index (χ0n) is 10.1. The number of carbonyl (C=O) groups is 2. The smallest absolute Gasteiger partial charge is 0.232 e. The normalized spacial score (nSPS) is 32.1. The van der Waals surface area contributed by atoms with Crippen LogP contribution in [0, 0.1) is 11.8 Å². The maximum absolute atomic E-state index is 12.1. The fourth-order valence-corrected chi connectivity index (χ4v) is 2.66. The van der Waals surface area contributed by atoms with Crippen LogP contribution in [-0.2, 0) is 9.59 Å². The molecule has 2 bridgehead atoms. The number of piperidine rings is 1. The molecule has 16 heavy (non-hydrogen) atoms. The first-order valence-electron chi connectivity index (χ1n) is 5.91. The Morgan fingerprint density at radius 2 is 1.69 bits per heavy atom. The van der Waals surface area contributed by atoms with E-state index in [4.69, 9.17) is 0 Å². The van der Waals surface area contributed by atoms with Crippen LogP contribution in [0.1, 0.15) is 40.0 Å². The molecule has 0 aromatic heterocycles. The second kappa shape index (κ2) is 3.55. The molecule has 1 aliphatic heterocycles. The molecule has 0 spiro atoms. The summed E-state index contributed by atoms with van der Waals surface area (Å²) < 4.78 is 0. The zero-order valence-corrected chi connectivity index (χ0v) is 10.1. The molecule has 90 valence electrons. The first-order valence-corrected chi connectivity index (χ1v) is 5.91. The molecule has 3 atom stereocenters. The highest BCUT2D eigenvalue weighted by Crippen LogP contribution is 2.41. The van der Waals surface area contributed by atoms with E-state index in [1.165, 1.54) is 4.90 Å². The van der Waals surface area contributed by atoms with Crippen molar-refractivity contribution in [1.82, 2.24) is 4.90 Å². The van der Waals surface area contributed by atoms with Crippen molar-refractivity contribution in [2.45, 2.75) is 51.7 Å². The van der Waals surface area contributed by atoms with Gasteiger partial charge in [0.25, 0.3) is 0 Å². The highest BCUT2D eigenvalue weighted by molar-refractivity contribution is 6.01. The number of aliphatic hydroxyl groups excluding tert-OH is 1. The molecule has 4 nitrogen and oxygen atoms in total. The van der Waals surface area contributed by atoms with Crippen molar-refractivity contribution in [2.24, 2.45) is 11.8 Å². The molecule has 4 heteroatoms. The molecular weight excluding hydrogens is 206 g/mol. The zero-order chi connectivity index (χ0) is 12.1. The van der Waals surface area contributed by atoms with E-state index in [2.05, 4.69) is 0 Å². The summed E-state index contributed by atoms with van der Waals surface area (Å²) in [6.45, 7) is 5.12. The number of hydrogen-bond donors (Lipinski definition) is 1. The molecular formula is C12H19NO3. The lowest BCUT2D eigenvalue weighted by atomic mass is 9.88. The van der Waals surface area contributed by atoms with Crippen LogP contribution in [-0.4, -0.2) is 33.5 Å². The number of amides is 2. The van der Waals surface area contributed by atoms with Gasteiger partial charge in [-0.25, -0.2) is 0 Å². The highest BCUT2D eigenvalue weighted by atomic mass is 16.3. The SMILES string of the molecule is CC(O)C(C)(C)N1C(=O)C2CCC(C2)C1=O. The standard InChI is InChI=1S/C12H19NO3/c1-7(14)12(2,3)13-10(15)8-4-5-9(6-8)11(13)16/h7-9,14H,4-6H2,1-3H3. The summed E-state index contributed by atoms with van der Waals surface area (Å²) in [6.07, 6.45) is 1.64. The monoisotopic (exact) mass is 225 g/mol. The minimum absolute atomic E-state index is 0.000671. The van der Waals surface area contributed by atoms with Gasteiger partial charge in [0.05, 0.1) is 11.6 Å². The van der Waals surface area contributed by atoms with Gasteiger partial charge >= 0.3 is 0 Å². The maximum Gasteiger partial charge on any atom is 0.232 e. The first-order chi connectivity index (χ1) is 7.35. The molecule has 0 aromatic carbocycles. The number of nitrogens with zero attached hydrogens (tertiary/aromatic N) is 1. The Morgan fingerprint density at radius 3 is 2.06 bits per heavy atom. The molecule has 1 heterocycles. The van der Waals surface area contributed by atoms with Crippen molar-refractivity contribution in [3.8, 4) is 0 Å². The van der Waals surface area contributed by atoms with Gasteiger partial charge in [0.15, 0.2) is 0 Å². The van der Waals surface area contributed by atoms with E-state index in [1.807, 2.05) is 0 Å². The van der Waals surface area contributed by atoms with Crippen molar-refractivity contribution in [2.75, 3.05) is 0 Å². The Morgan fingerprint density at radius 1 is 1.25 bits per heavy atom. The Bertz CT molecular complexity index is 313. The number of carbonyl (C=O) groups excluding carboxylic acids is 2. The molecule has 2 rings (SSSR count). The number of hydrogen-bond acceptors (Lipinski definition) is 3. The minimum Gasteiger partial charge on any atom is -0.391 e. The summed E-state index contributed by atoms with van der Waals surface area (Å²) in [4.78, 5) is 25.6. The summed E-state index contributed by atoms with van der Waals surface area (Å²) in [5.41, 5.74) is -0.796. The van der Waals surface area contributed by atoms with Gasteiger partial charge in [0, 0.05) is 11.8 Å². The topological polar surface area (TPSA) is 57.6 Å². The Hall–Kier alpha value is -0.900. The largest absolute Gasteiger partial charge is 0.391 e. The predicted octanol–water partition coefficient (Wildman–Crippen LogP) is 0.931. The molecule has 3 unspecified atom stereocenters. The number of fused-ring (bicyclic) bond motifs is 2. The van der Waals surface area contributed by atoms with Crippen LogP contribution < -0.4 is 0 Å². The van der Waals surface area contributed by atoms with Gasteiger partial charge in [-0.1, -0.05) is 0 Å². The van der Waals surface area contributed by atoms with Crippen LogP contribution in [0.3, 0.4) is 0 Å². The van der Waals surface area contributed by atoms with Gasteiger partial charge < -0.3 is 5.11 Å². The maximum atomic E-state index is 12.1. The van der Waals surface area contributed by atoms with Gasteiger partial charge in [0.2, 0.25) is 11.8 Å². The van der Waals surface area contributed by atoms with Crippen molar-refractivity contribution in [1.29, 1.82) is 0 Å². The average Bonchev–Trinajstić information content (AvgIpc) is 2.60. The van der Waals surface area contributed by atoms with Gasteiger partial charge in [-0.05, 0) is 40.0 Å². The Kier molecular flexibility index (Phi) is 2.57. The van der Waals surface area contributed by atoms with E-state index >= 15 is 0 Å². The molecule has 1 aliphatic carbocycles. The fraction of sp³-hybridized carbons (Fsp3) is 0.833. The third-order valence-electron chi connectivity index (χ3n) is 4.17. The number of aliphatic hydroxyl groups is 1. The molecule has 2 fully saturated rings. The Labute approximate surface area is 95.6 Å². The molecule has 1 saturated heterocycles. The number of likely N-dealkylation sites (tertiary alicyclic amines) is 1. The third-order valence-corrected chi connectivity index (χ3v) is 4.17. The van der Waals surface area contributed by atoms with Gasteiger partial charge in [-0.15, -0.1) is 0 Å². The quantitative estimate of drug-likeness (QED) is 0.711. The van der Waals surface area contributed by atoms with Crippen LogP contribution in [0.2, 0.25) is 0 Å². The molecule has 1 N–H and O–H groups in total. The van der Waals surface area contributed by atoms with E-state index in [0.717, 1.165) is 12.8 Å². The Balaban J connectivity index is 2.33. The third kappa shape index (κ3) is 1.47. The minimum atomic E-state index is -0.796. The van der Waals surface area contributed by atoms with E-state index < -0.39 is 11.6 Å². The molecule has 0 aromatic rings. The lowest BCUT2D eigenvalue weighted by molar-refractivity contribution is -0.164. The van der Waals surface area contributed by atoms with Crippen LogP contribution in [0.15, 0.2) is 0 Å². The molecule has 2 aliphatic rings. The lowest BCUT2D eigenvalue weighted by Gasteiger charge is -2.43. The van der Waals surface area contributed by atoms with Gasteiger partial charge in [0.1, 0.15) is 0 Å². The van der Waals surface area contributed by atoms with Crippen molar-refractivity contribution in [3.05, 3.63) is 0 Å². The van der Waals surface area contributed by atoms with E-state index in [0.29, 0.717) is 6.42 Å². The summed E-state index contributed by atoms with van der Waals surface area (Å²) in [7, 11) is 0. The highest BCUT2D eigenvalue weighted by Gasteiger charge is 2.51. The fourth-order valence-electron chi connectivity index (χ4n) is 2.66. The van der Waals surface area contributed by atoms with Crippen LogP contribution in [0.4, 0.5) is 0 Å². The van der Waals surface area contributed by atoms with Crippen LogP contribution >= 0.6 is 0 Å². The molecule has 2 amide bonds. The first kappa shape index (κ1) is 11.6. The van der Waals surface area contributed by atoms with E-state index in [9.17, 15) is 14.7 Å². The van der Waals surface area contributed by atoms with Gasteiger partial charge in [-0.2, -0.15) is 0 Å². The van der Waals surface area contributed by atoms with E-state index in [-0.39, 0.29) is 23.7 Å². The van der Waals surface area contributed by atoms with Gasteiger partial charge in [-0.3, -0.25) is 14.5 Å². The predicted molar refractivity (Wildman–Crippen MR) is 58.4 cm³/mol. The van der Waals surface area contributed by atoms with Crippen molar-refractivity contribution < 1.29 is 14.7 Å². The number of rotatable bonds is 2. The van der Waals surface area contributed by atoms with E-state index in [1.54, 1.807) is 20.8 Å².